The predicted molar refractivity (Wildman–Crippen MR) is 96.6 cm³/mol. The van der Waals surface area contributed by atoms with Gasteiger partial charge in [-0.1, -0.05) is 0 Å². The van der Waals surface area contributed by atoms with Crippen molar-refractivity contribution in [2.45, 2.75) is 40.5 Å². The van der Waals surface area contributed by atoms with Crippen LogP contribution in [0.5, 0.6) is 5.75 Å². The fourth-order valence-corrected chi connectivity index (χ4v) is 2.91. The van der Waals surface area contributed by atoms with Gasteiger partial charge in [-0.25, -0.2) is 4.79 Å². The number of esters is 2. The number of nitrogens with one attached hydrogen (secondary N) is 1. The minimum absolute atomic E-state index is 0.279. The van der Waals surface area contributed by atoms with Crippen molar-refractivity contribution >= 4 is 28.6 Å². The van der Waals surface area contributed by atoms with E-state index in [0.717, 1.165) is 16.8 Å². The standard InChI is InChI=1S/C19H24N2O4/c1-6-24-19(23)18-14-10-17(25-13(4)22)11(2)9-16(14)21(5)15(18)8-7-12(3)20/h9-10,20H,6-8H2,1-5H3. The summed E-state index contributed by atoms with van der Waals surface area (Å²) in [5.41, 5.74) is 3.54. The lowest BCUT2D eigenvalue weighted by atomic mass is 10.1. The van der Waals surface area contributed by atoms with Crippen LogP contribution >= 0.6 is 0 Å². The molecule has 1 heterocycles. The van der Waals surface area contributed by atoms with E-state index >= 15 is 0 Å². The average molecular weight is 344 g/mol. The normalized spacial score (nSPS) is 10.8. The highest BCUT2D eigenvalue weighted by Crippen LogP contribution is 2.33. The number of aryl methyl sites for hydroxylation is 2. The molecule has 0 aliphatic carbocycles. The fourth-order valence-electron chi connectivity index (χ4n) is 2.91. The van der Waals surface area contributed by atoms with Gasteiger partial charge in [-0.05, 0) is 51.3 Å². The molecular weight excluding hydrogens is 320 g/mol. The maximum atomic E-state index is 12.6. The van der Waals surface area contributed by atoms with Crippen molar-refractivity contribution in [1.29, 1.82) is 5.41 Å². The van der Waals surface area contributed by atoms with Crippen molar-refractivity contribution in [3.63, 3.8) is 0 Å². The van der Waals surface area contributed by atoms with Gasteiger partial charge in [0, 0.05) is 36.3 Å². The molecular formula is C19H24N2O4. The number of carbonyl (C=O) groups is 2. The Morgan fingerprint density at radius 1 is 1.24 bits per heavy atom. The second-order valence-corrected chi connectivity index (χ2v) is 6.11. The van der Waals surface area contributed by atoms with Gasteiger partial charge in [-0.2, -0.15) is 0 Å². The van der Waals surface area contributed by atoms with E-state index in [4.69, 9.17) is 14.9 Å². The van der Waals surface area contributed by atoms with Crippen LogP contribution in [0.25, 0.3) is 10.9 Å². The number of aromatic nitrogens is 1. The zero-order chi connectivity index (χ0) is 18.7. The molecule has 0 saturated carbocycles. The van der Waals surface area contributed by atoms with E-state index in [9.17, 15) is 9.59 Å². The van der Waals surface area contributed by atoms with Crippen LogP contribution in [0.1, 0.15) is 48.8 Å². The molecule has 0 radical (unpaired) electrons. The van der Waals surface area contributed by atoms with Gasteiger partial charge in [0.15, 0.2) is 0 Å². The molecule has 1 N–H and O–H groups in total. The summed E-state index contributed by atoms with van der Waals surface area (Å²) in [6, 6.07) is 3.62. The third-order valence-electron chi connectivity index (χ3n) is 4.09. The van der Waals surface area contributed by atoms with Crippen LogP contribution in [-0.4, -0.2) is 28.8 Å². The quantitative estimate of drug-likeness (QED) is 0.493. The molecule has 0 saturated heterocycles. The van der Waals surface area contributed by atoms with E-state index in [1.807, 2.05) is 24.6 Å². The summed E-state index contributed by atoms with van der Waals surface area (Å²) in [5.74, 6) is -0.370. The van der Waals surface area contributed by atoms with Crippen LogP contribution in [-0.2, 0) is 23.0 Å². The Morgan fingerprint density at radius 3 is 2.48 bits per heavy atom. The van der Waals surface area contributed by atoms with Gasteiger partial charge in [0.2, 0.25) is 0 Å². The first-order chi connectivity index (χ1) is 11.8. The van der Waals surface area contributed by atoms with E-state index in [0.29, 0.717) is 35.3 Å². The van der Waals surface area contributed by atoms with Crippen molar-refractivity contribution < 1.29 is 19.1 Å². The second-order valence-electron chi connectivity index (χ2n) is 6.11. The third-order valence-corrected chi connectivity index (χ3v) is 4.09. The van der Waals surface area contributed by atoms with Crippen molar-refractivity contribution in [3.05, 3.63) is 29.0 Å². The number of ether oxygens (including phenoxy) is 2. The SMILES string of the molecule is CCOC(=O)c1c(CCC(C)=N)n(C)c2cc(C)c(OC(C)=O)cc12. The molecule has 6 heteroatoms. The topological polar surface area (TPSA) is 81.4 Å². The number of fused-ring (bicyclic) bond motifs is 1. The van der Waals surface area contributed by atoms with Crippen molar-refractivity contribution in [2.75, 3.05) is 6.61 Å². The molecule has 0 unspecified atom stereocenters. The van der Waals surface area contributed by atoms with Gasteiger partial charge in [-0.3, -0.25) is 4.79 Å². The van der Waals surface area contributed by atoms with Crippen molar-refractivity contribution in [3.8, 4) is 5.75 Å². The number of hydrogen-bond donors (Lipinski definition) is 1. The summed E-state index contributed by atoms with van der Waals surface area (Å²) in [7, 11) is 1.89. The molecule has 0 aliphatic heterocycles. The second kappa shape index (κ2) is 7.51. The number of benzene rings is 1. The van der Waals surface area contributed by atoms with Gasteiger partial charge in [0.05, 0.1) is 12.2 Å². The molecule has 134 valence electrons. The lowest BCUT2D eigenvalue weighted by Gasteiger charge is -2.07. The average Bonchev–Trinajstić information content (AvgIpc) is 2.77. The van der Waals surface area contributed by atoms with E-state index in [2.05, 4.69) is 0 Å². The molecule has 0 fully saturated rings. The highest BCUT2D eigenvalue weighted by atomic mass is 16.5. The predicted octanol–water partition coefficient (Wildman–Crippen LogP) is 3.56. The van der Waals surface area contributed by atoms with Crippen molar-refractivity contribution in [1.82, 2.24) is 4.57 Å². The first-order valence-electron chi connectivity index (χ1n) is 8.27. The molecule has 0 amide bonds. The molecule has 1 aromatic carbocycles. The number of nitrogens with zero attached hydrogens (tertiary/aromatic N) is 1. The lowest BCUT2D eigenvalue weighted by Crippen LogP contribution is -2.10. The molecule has 0 bridgehead atoms. The first kappa shape index (κ1) is 18.7. The largest absolute Gasteiger partial charge is 0.462 e. The summed E-state index contributed by atoms with van der Waals surface area (Å²) in [6.45, 7) is 6.99. The zero-order valence-electron chi connectivity index (χ0n) is 15.4. The molecule has 0 spiro atoms. The van der Waals surface area contributed by atoms with Crippen LogP contribution in [0.4, 0.5) is 0 Å². The van der Waals surface area contributed by atoms with E-state index in [1.165, 1.54) is 6.92 Å². The Bertz CT molecular complexity index is 849. The number of rotatable bonds is 6. The summed E-state index contributed by atoms with van der Waals surface area (Å²) in [4.78, 5) is 23.9. The number of hydrogen-bond acceptors (Lipinski definition) is 5. The molecule has 1 aromatic heterocycles. The third kappa shape index (κ3) is 3.90. The Hall–Kier alpha value is -2.63. The maximum absolute atomic E-state index is 12.6. The Morgan fingerprint density at radius 2 is 1.92 bits per heavy atom. The van der Waals surface area contributed by atoms with Crippen molar-refractivity contribution in [2.24, 2.45) is 7.05 Å². The maximum Gasteiger partial charge on any atom is 0.340 e. The van der Waals surface area contributed by atoms with Crippen LogP contribution in [0.2, 0.25) is 0 Å². The molecule has 6 nitrogen and oxygen atoms in total. The summed E-state index contributed by atoms with van der Waals surface area (Å²) >= 11 is 0. The molecule has 2 aromatic rings. The van der Waals surface area contributed by atoms with Crippen LogP contribution in [0.15, 0.2) is 12.1 Å². The van der Waals surface area contributed by atoms with E-state index < -0.39 is 11.9 Å². The van der Waals surface area contributed by atoms with E-state index in [1.54, 1.807) is 19.9 Å². The van der Waals surface area contributed by atoms with E-state index in [-0.39, 0.29) is 6.61 Å². The minimum atomic E-state index is -0.407. The Balaban J connectivity index is 2.70. The van der Waals surface area contributed by atoms with Crippen LogP contribution in [0, 0.1) is 12.3 Å². The molecule has 0 atom stereocenters. The van der Waals surface area contributed by atoms with Crippen LogP contribution < -0.4 is 4.74 Å². The lowest BCUT2D eigenvalue weighted by molar-refractivity contribution is -0.131. The Kier molecular flexibility index (Phi) is 5.62. The fraction of sp³-hybridized carbons (Fsp3) is 0.421. The number of carbonyl (C=O) groups excluding carboxylic acids is 2. The van der Waals surface area contributed by atoms with Crippen LogP contribution in [0.3, 0.4) is 0 Å². The van der Waals surface area contributed by atoms with Gasteiger partial charge in [0.1, 0.15) is 5.75 Å². The summed E-state index contributed by atoms with van der Waals surface area (Å²) in [6.07, 6.45) is 1.13. The summed E-state index contributed by atoms with van der Waals surface area (Å²) < 4.78 is 12.4. The summed E-state index contributed by atoms with van der Waals surface area (Å²) in [5, 5.41) is 8.36. The molecule has 25 heavy (non-hydrogen) atoms. The molecule has 2 rings (SSSR count). The highest BCUT2D eigenvalue weighted by molar-refractivity contribution is 6.07. The van der Waals surface area contributed by atoms with Gasteiger partial charge in [0.25, 0.3) is 0 Å². The zero-order valence-corrected chi connectivity index (χ0v) is 15.4. The monoisotopic (exact) mass is 344 g/mol. The highest BCUT2D eigenvalue weighted by Gasteiger charge is 2.23. The molecule has 0 aliphatic rings. The van der Waals surface area contributed by atoms with Gasteiger partial charge < -0.3 is 19.5 Å². The Labute approximate surface area is 147 Å². The smallest absolute Gasteiger partial charge is 0.340 e. The first-order valence-corrected chi connectivity index (χ1v) is 8.27. The van der Waals surface area contributed by atoms with Gasteiger partial charge >= 0.3 is 11.9 Å². The minimum Gasteiger partial charge on any atom is -0.462 e. The van der Waals surface area contributed by atoms with Gasteiger partial charge in [-0.15, -0.1) is 0 Å².